The minimum atomic E-state index is -4.94. The summed E-state index contributed by atoms with van der Waals surface area (Å²) in [5, 5.41) is 0. The Hall–Kier alpha value is 0.0900. The SMILES string of the molecule is CC(C)CC[N+](CCC(C)C)(CCC(C)C)CCC(C)C.[O-][Cl+3]([O-])([O-])[O-]. The van der Waals surface area contributed by atoms with Crippen molar-refractivity contribution in [2.24, 2.45) is 23.7 Å². The monoisotopic (exact) mass is 397 g/mol. The second-order valence-electron chi connectivity index (χ2n) is 9.34. The highest BCUT2D eigenvalue weighted by molar-refractivity contribution is 4.56. The molecule has 0 amide bonds. The molecule has 0 radical (unpaired) electrons. The van der Waals surface area contributed by atoms with Gasteiger partial charge in [-0.05, 0) is 49.4 Å². The molecule has 0 bridgehead atoms. The van der Waals surface area contributed by atoms with E-state index in [1.54, 1.807) is 0 Å². The molecule has 0 fully saturated rings. The van der Waals surface area contributed by atoms with Crippen LogP contribution in [0.15, 0.2) is 0 Å². The molecule has 0 rings (SSSR count). The Morgan fingerprint density at radius 3 is 0.769 bits per heavy atom. The topological polar surface area (TPSA) is 92.2 Å². The maximum absolute atomic E-state index is 8.49. The number of nitrogens with zero attached hydrogens (tertiary/aromatic N) is 1. The van der Waals surface area contributed by atoms with Crippen LogP contribution < -0.4 is 18.6 Å². The molecule has 0 heterocycles. The molecule has 0 spiro atoms. The van der Waals surface area contributed by atoms with Crippen LogP contribution >= 0.6 is 0 Å². The Kier molecular flexibility index (Phi) is 15.4. The molecule has 0 aliphatic rings. The average Bonchev–Trinajstić information content (AvgIpc) is 2.43. The van der Waals surface area contributed by atoms with E-state index in [2.05, 4.69) is 55.4 Å². The number of halogens is 1. The minimum absolute atomic E-state index is 0.833. The van der Waals surface area contributed by atoms with Crippen LogP contribution in [0.3, 0.4) is 0 Å². The lowest BCUT2D eigenvalue weighted by Crippen LogP contribution is -2.68. The molecule has 0 aromatic heterocycles. The third-order valence-electron chi connectivity index (χ3n) is 4.72. The highest BCUT2D eigenvalue weighted by Crippen LogP contribution is 2.21. The van der Waals surface area contributed by atoms with Gasteiger partial charge in [0.05, 0.1) is 26.2 Å². The summed E-state index contributed by atoms with van der Waals surface area (Å²) in [7, 11) is -4.94. The van der Waals surface area contributed by atoms with Crippen molar-refractivity contribution in [3.05, 3.63) is 0 Å². The molecule has 26 heavy (non-hydrogen) atoms. The first-order valence-corrected chi connectivity index (χ1v) is 11.4. The van der Waals surface area contributed by atoms with Gasteiger partial charge in [-0.1, -0.05) is 55.4 Å². The second kappa shape index (κ2) is 14.1. The Balaban J connectivity index is 0. The molecular weight excluding hydrogens is 354 g/mol. The minimum Gasteiger partial charge on any atom is -0.324 e. The molecule has 0 aromatic rings. The zero-order valence-electron chi connectivity index (χ0n) is 18.4. The summed E-state index contributed by atoms with van der Waals surface area (Å²) in [6.45, 7) is 24.6. The Morgan fingerprint density at radius 2 is 0.654 bits per heavy atom. The Bertz CT molecular complexity index is 269. The van der Waals surface area contributed by atoms with Gasteiger partial charge in [-0.2, -0.15) is 0 Å². The smallest absolute Gasteiger partial charge is 0.0789 e. The molecule has 0 aliphatic carbocycles. The predicted molar refractivity (Wildman–Crippen MR) is 97.5 cm³/mol. The van der Waals surface area contributed by atoms with Crippen LogP contribution in [-0.4, -0.2) is 30.7 Å². The molecule has 5 nitrogen and oxygen atoms in total. The van der Waals surface area contributed by atoms with Crippen molar-refractivity contribution < 1.29 is 33.4 Å². The second-order valence-corrected chi connectivity index (χ2v) is 10.1. The van der Waals surface area contributed by atoms with Gasteiger partial charge in [0.25, 0.3) is 0 Å². The summed E-state index contributed by atoms with van der Waals surface area (Å²) in [6, 6.07) is 0. The van der Waals surface area contributed by atoms with Crippen molar-refractivity contribution in [1.29, 1.82) is 0 Å². The van der Waals surface area contributed by atoms with Gasteiger partial charge in [0, 0.05) is 0 Å². The molecule has 0 aromatic carbocycles. The summed E-state index contributed by atoms with van der Waals surface area (Å²) in [6.07, 6.45) is 5.53. The van der Waals surface area contributed by atoms with Gasteiger partial charge in [-0.15, -0.1) is 10.2 Å². The van der Waals surface area contributed by atoms with Gasteiger partial charge in [0.2, 0.25) is 0 Å². The van der Waals surface area contributed by atoms with E-state index in [1.807, 2.05) is 0 Å². The van der Waals surface area contributed by atoms with E-state index in [-0.39, 0.29) is 0 Å². The Morgan fingerprint density at radius 1 is 0.500 bits per heavy atom. The summed E-state index contributed by atoms with van der Waals surface area (Å²) in [5.41, 5.74) is 0. The fourth-order valence-corrected chi connectivity index (χ4v) is 2.80. The van der Waals surface area contributed by atoms with E-state index in [0.717, 1.165) is 23.7 Å². The molecule has 0 aliphatic heterocycles. The molecule has 0 saturated heterocycles. The number of hydrogen-bond acceptors (Lipinski definition) is 4. The van der Waals surface area contributed by atoms with E-state index >= 15 is 0 Å². The fourth-order valence-electron chi connectivity index (χ4n) is 2.80. The lowest BCUT2D eigenvalue weighted by Gasteiger charge is -2.41. The maximum atomic E-state index is 8.49. The average molecular weight is 398 g/mol. The van der Waals surface area contributed by atoms with E-state index in [4.69, 9.17) is 18.6 Å². The van der Waals surface area contributed by atoms with Gasteiger partial charge in [-0.25, -0.2) is 18.6 Å². The number of rotatable bonds is 12. The van der Waals surface area contributed by atoms with Crippen LogP contribution in [0.5, 0.6) is 0 Å². The van der Waals surface area contributed by atoms with Crippen LogP contribution in [0.4, 0.5) is 0 Å². The van der Waals surface area contributed by atoms with Crippen molar-refractivity contribution in [3.8, 4) is 0 Å². The first-order valence-electron chi connectivity index (χ1n) is 10.1. The van der Waals surface area contributed by atoms with Crippen LogP contribution in [0.1, 0.15) is 81.1 Å². The number of quaternary nitrogens is 1. The van der Waals surface area contributed by atoms with E-state index in [0.29, 0.717) is 0 Å². The number of hydrogen-bond donors (Lipinski definition) is 0. The molecule has 0 unspecified atom stereocenters. The molecule has 0 atom stereocenters. The molecule has 0 N–H and O–H groups in total. The third-order valence-corrected chi connectivity index (χ3v) is 4.72. The summed E-state index contributed by atoms with van der Waals surface area (Å²) < 4.78 is 35.4. The van der Waals surface area contributed by atoms with E-state index < -0.39 is 10.2 Å². The molecular formula is C20H44ClNO4. The molecule has 160 valence electrons. The van der Waals surface area contributed by atoms with E-state index in [1.165, 1.54) is 56.3 Å². The quantitative estimate of drug-likeness (QED) is 0.463. The van der Waals surface area contributed by atoms with Crippen molar-refractivity contribution in [2.75, 3.05) is 26.2 Å². The third kappa shape index (κ3) is 22.1. The van der Waals surface area contributed by atoms with Crippen LogP contribution in [0.25, 0.3) is 0 Å². The van der Waals surface area contributed by atoms with Crippen molar-refractivity contribution in [1.82, 2.24) is 0 Å². The Labute approximate surface area is 164 Å². The standard InChI is InChI=1S/C20H44N.ClHO4/c1-17(2)9-13-21(14-10-18(3)4,15-11-19(5)6)16-12-20(7)8;2-1(3,4)5/h17-20H,9-16H2,1-8H3;(H,2,3,4,5)/q+1;/p-1. The summed E-state index contributed by atoms with van der Waals surface area (Å²) in [4.78, 5) is 0. The van der Waals surface area contributed by atoms with Crippen molar-refractivity contribution >= 4 is 0 Å². The maximum Gasteiger partial charge on any atom is 0.0789 e. The molecule has 0 saturated carbocycles. The van der Waals surface area contributed by atoms with Crippen molar-refractivity contribution in [3.63, 3.8) is 0 Å². The van der Waals surface area contributed by atoms with Gasteiger partial charge in [0.1, 0.15) is 0 Å². The van der Waals surface area contributed by atoms with Crippen LogP contribution in [0, 0.1) is 33.9 Å². The first-order chi connectivity index (χ1) is 11.7. The lowest BCUT2D eigenvalue weighted by atomic mass is 10.0. The zero-order valence-corrected chi connectivity index (χ0v) is 19.2. The lowest BCUT2D eigenvalue weighted by molar-refractivity contribution is -2.00. The summed E-state index contributed by atoms with van der Waals surface area (Å²) >= 11 is 0. The molecule has 6 heteroatoms. The van der Waals surface area contributed by atoms with E-state index in [9.17, 15) is 0 Å². The highest BCUT2D eigenvalue weighted by Gasteiger charge is 2.27. The predicted octanol–water partition coefficient (Wildman–Crippen LogP) is 1.23. The van der Waals surface area contributed by atoms with Gasteiger partial charge >= 0.3 is 0 Å². The van der Waals surface area contributed by atoms with Gasteiger partial charge < -0.3 is 4.48 Å². The fraction of sp³-hybridized carbons (Fsp3) is 1.00. The van der Waals surface area contributed by atoms with Crippen LogP contribution in [-0.2, 0) is 0 Å². The van der Waals surface area contributed by atoms with Crippen molar-refractivity contribution in [2.45, 2.75) is 81.1 Å². The van der Waals surface area contributed by atoms with Crippen LogP contribution in [0.2, 0.25) is 0 Å². The first kappa shape index (κ1) is 28.3. The van der Waals surface area contributed by atoms with Gasteiger partial charge in [0.15, 0.2) is 0 Å². The normalized spacial score (nSPS) is 12.9. The highest BCUT2D eigenvalue weighted by atomic mass is 35.7. The van der Waals surface area contributed by atoms with Gasteiger partial charge in [-0.3, -0.25) is 0 Å². The zero-order chi connectivity index (χ0) is 21.0. The largest absolute Gasteiger partial charge is 0.324 e. The summed E-state index contributed by atoms with van der Waals surface area (Å²) in [5.74, 6) is 3.33.